The number of hydrogen-bond acceptors (Lipinski definition) is 6. The first-order valence-electron chi connectivity index (χ1n) is 15.4. The van der Waals surface area contributed by atoms with Crippen molar-refractivity contribution in [2.75, 3.05) is 0 Å². The minimum Gasteiger partial charge on any atom is -0.444 e. The number of nitrogens with one attached hydrogen (secondary N) is 1. The van der Waals surface area contributed by atoms with Crippen molar-refractivity contribution in [1.82, 2.24) is 10.2 Å². The molecular weight excluding hydrogens is 604 g/mol. The summed E-state index contributed by atoms with van der Waals surface area (Å²) in [5.41, 5.74) is -0.289. The Morgan fingerprint density at radius 3 is 2.36 bits per heavy atom. The normalized spacial score (nSPS) is 18.7. The molecule has 3 atom stereocenters. The maximum Gasteiger partial charge on any atom is 0.407 e. The topological polar surface area (TPSA) is 123 Å². The molecule has 2 saturated heterocycles. The van der Waals surface area contributed by atoms with Gasteiger partial charge in [-0.1, -0.05) is 24.0 Å². The number of hydrogen-bond donors (Lipinski definition) is 3. The van der Waals surface area contributed by atoms with Crippen LogP contribution in [0.5, 0.6) is 0 Å². The van der Waals surface area contributed by atoms with Gasteiger partial charge in [-0.15, -0.1) is 0 Å². The molecule has 47 heavy (non-hydrogen) atoms. The number of aliphatic hydroxyl groups is 2. The quantitative estimate of drug-likeness (QED) is 0.292. The first-order valence-corrected chi connectivity index (χ1v) is 15.4. The van der Waals surface area contributed by atoms with Gasteiger partial charge in [0.05, 0.1) is 24.3 Å². The van der Waals surface area contributed by atoms with Gasteiger partial charge in [0.15, 0.2) is 0 Å². The van der Waals surface area contributed by atoms with E-state index in [1.807, 2.05) is 0 Å². The number of nitriles is 1. The number of rotatable bonds is 5. The van der Waals surface area contributed by atoms with Crippen molar-refractivity contribution in [3.63, 3.8) is 0 Å². The van der Waals surface area contributed by atoms with Gasteiger partial charge in [0.25, 0.3) is 5.91 Å². The number of halogens is 2. The van der Waals surface area contributed by atoms with Crippen LogP contribution in [-0.2, 0) is 11.3 Å². The average molecular weight is 642 g/mol. The van der Waals surface area contributed by atoms with Crippen LogP contribution >= 0.6 is 0 Å². The lowest BCUT2D eigenvalue weighted by atomic mass is 9.90. The molecule has 8 nitrogen and oxygen atoms in total. The number of fused-ring (bicyclic) bond motifs is 2. The van der Waals surface area contributed by atoms with Crippen LogP contribution in [0.1, 0.15) is 80.9 Å². The molecule has 3 N–H and O–H groups in total. The molecule has 0 aromatic heterocycles. The second-order valence-corrected chi connectivity index (χ2v) is 13.5. The molecule has 0 saturated carbocycles. The van der Waals surface area contributed by atoms with E-state index in [2.05, 4.69) is 17.2 Å². The number of carbonyl (C=O) groups is 2. The number of aliphatic hydroxyl groups excluding tert-OH is 1. The number of ether oxygens (including phenoxy) is 1. The number of carbonyl (C=O) groups excluding carboxylic acids is 2. The maximum atomic E-state index is 15.8. The zero-order valence-electron chi connectivity index (χ0n) is 26.9. The Balaban J connectivity index is 1.55. The molecule has 5 rings (SSSR count). The lowest BCUT2D eigenvalue weighted by Gasteiger charge is -2.27. The van der Waals surface area contributed by atoms with Gasteiger partial charge in [0, 0.05) is 22.7 Å². The summed E-state index contributed by atoms with van der Waals surface area (Å²) >= 11 is 0. The van der Waals surface area contributed by atoms with Gasteiger partial charge in [-0.25, -0.2) is 13.6 Å². The molecule has 3 aromatic carbocycles. The van der Waals surface area contributed by atoms with E-state index >= 15 is 4.39 Å². The zero-order chi connectivity index (χ0) is 34.3. The first-order chi connectivity index (χ1) is 22.1. The molecule has 2 bridgehead atoms. The first kappa shape index (κ1) is 33.6. The third-order valence-electron chi connectivity index (χ3n) is 8.30. The van der Waals surface area contributed by atoms with Gasteiger partial charge in [-0.3, -0.25) is 4.79 Å². The van der Waals surface area contributed by atoms with Crippen LogP contribution in [0.15, 0.2) is 48.5 Å². The Kier molecular flexibility index (Phi) is 9.14. The summed E-state index contributed by atoms with van der Waals surface area (Å²) < 4.78 is 36.1. The van der Waals surface area contributed by atoms with Crippen LogP contribution in [0.2, 0.25) is 0 Å². The van der Waals surface area contributed by atoms with E-state index in [0.717, 1.165) is 6.42 Å². The van der Waals surface area contributed by atoms with E-state index in [1.54, 1.807) is 49.9 Å². The summed E-state index contributed by atoms with van der Waals surface area (Å²) in [5.74, 6) is 3.62. The summed E-state index contributed by atoms with van der Waals surface area (Å²) in [6.07, 6.45) is 1.53. The van der Waals surface area contributed by atoms with E-state index in [0.29, 0.717) is 40.7 Å². The fourth-order valence-corrected chi connectivity index (χ4v) is 6.28. The van der Waals surface area contributed by atoms with E-state index in [1.165, 1.54) is 44.2 Å². The lowest BCUT2D eigenvalue weighted by Crippen LogP contribution is -2.46. The molecule has 0 aliphatic carbocycles. The molecule has 2 heterocycles. The molecule has 0 unspecified atom stereocenters. The number of alkyl carbamates (subject to hydrolysis) is 1. The van der Waals surface area contributed by atoms with E-state index in [9.17, 15) is 29.5 Å². The number of benzene rings is 3. The maximum absolute atomic E-state index is 15.8. The van der Waals surface area contributed by atoms with Crippen LogP contribution in [0, 0.1) is 34.8 Å². The molecule has 2 aliphatic heterocycles. The van der Waals surface area contributed by atoms with Gasteiger partial charge >= 0.3 is 6.09 Å². The Labute approximate surface area is 273 Å². The van der Waals surface area contributed by atoms with Crippen molar-refractivity contribution in [1.29, 1.82) is 5.26 Å². The lowest BCUT2D eigenvalue weighted by molar-refractivity contribution is 0.0484. The second kappa shape index (κ2) is 12.8. The van der Waals surface area contributed by atoms with Crippen molar-refractivity contribution >= 4 is 12.0 Å². The van der Waals surface area contributed by atoms with Gasteiger partial charge in [0.2, 0.25) is 0 Å². The minimum absolute atomic E-state index is 0.0875. The van der Waals surface area contributed by atoms with E-state index in [-0.39, 0.29) is 40.7 Å². The highest BCUT2D eigenvalue weighted by Gasteiger charge is 2.49. The summed E-state index contributed by atoms with van der Waals surface area (Å²) in [5, 5.41) is 32.3. The Morgan fingerprint density at radius 1 is 0.979 bits per heavy atom. The standard InChI is InChI=1S/C37H37F2N3O5/c1-36(2,3)47-35(45)41-32-18-26-9-11-33(32)42(26)34(44)23-8-10-27(28(14-23)22-6-7-24(19-40)30(38)17-22)29-15-25(20-43)21(16-31(29)39)12-13-37(4,5)46/h6-8,10,14-17,26,32-33,43,46H,9,11,18,20H2,1-5H3,(H,41,45)/t26-,32+,33+/m1/s1. The smallest absolute Gasteiger partial charge is 0.407 e. The molecule has 2 fully saturated rings. The van der Waals surface area contributed by atoms with Crippen LogP contribution < -0.4 is 5.32 Å². The SMILES string of the molecule is CC(C)(O)C#Cc1cc(F)c(-c2ccc(C(=O)N3[C@@H]4CC[C@H]3[C@@H](NC(=O)OC(C)(C)C)C4)cc2-c2ccc(C#N)c(F)c2)cc1CO. The molecular formula is C37H37F2N3O5. The minimum atomic E-state index is -1.34. The van der Waals surface area contributed by atoms with Crippen LogP contribution in [0.3, 0.4) is 0 Å². The molecule has 0 spiro atoms. The van der Waals surface area contributed by atoms with E-state index in [4.69, 9.17) is 4.74 Å². The summed E-state index contributed by atoms with van der Waals surface area (Å²) in [6.45, 7) is 7.85. The molecule has 3 aromatic rings. The fraction of sp³-hybridized carbons (Fsp3) is 0.378. The highest BCUT2D eigenvalue weighted by molar-refractivity contribution is 5.98. The predicted octanol–water partition coefficient (Wildman–Crippen LogP) is 6.06. The third-order valence-corrected chi connectivity index (χ3v) is 8.30. The van der Waals surface area contributed by atoms with Crippen molar-refractivity contribution in [3.05, 3.63) is 82.4 Å². The Hall–Kier alpha value is -4.77. The van der Waals surface area contributed by atoms with Crippen molar-refractivity contribution < 1.29 is 33.3 Å². The highest BCUT2D eigenvalue weighted by atomic mass is 19.1. The largest absolute Gasteiger partial charge is 0.444 e. The van der Waals surface area contributed by atoms with Crippen LogP contribution in [0.4, 0.5) is 13.6 Å². The number of nitrogens with zero attached hydrogens (tertiary/aromatic N) is 2. The zero-order valence-corrected chi connectivity index (χ0v) is 26.9. The molecule has 2 aliphatic rings. The molecule has 2 amide bonds. The molecule has 10 heteroatoms. The number of amides is 2. The van der Waals surface area contributed by atoms with Gasteiger partial charge < -0.3 is 25.2 Å². The van der Waals surface area contributed by atoms with Crippen LogP contribution in [0.25, 0.3) is 22.3 Å². The Morgan fingerprint density at radius 2 is 1.72 bits per heavy atom. The molecule has 244 valence electrons. The van der Waals surface area contributed by atoms with Crippen molar-refractivity contribution in [2.45, 2.75) is 89.8 Å². The third kappa shape index (κ3) is 7.30. The Bertz CT molecular complexity index is 1840. The summed E-state index contributed by atoms with van der Waals surface area (Å²) in [7, 11) is 0. The fourth-order valence-electron chi connectivity index (χ4n) is 6.28. The van der Waals surface area contributed by atoms with Crippen molar-refractivity contribution in [3.8, 4) is 40.2 Å². The van der Waals surface area contributed by atoms with Gasteiger partial charge in [0.1, 0.15) is 28.9 Å². The second-order valence-electron chi connectivity index (χ2n) is 13.5. The van der Waals surface area contributed by atoms with Gasteiger partial charge in [-0.05, 0) is 113 Å². The molecule has 0 radical (unpaired) electrons. The van der Waals surface area contributed by atoms with Gasteiger partial charge in [-0.2, -0.15) is 5.26 Å². The van der Waals surface area contributed by atoms with E-state index < -0.39 is 35.5 Å². The summed E-state index contributed by atoms with van der Waals surface area (Å²) in [4.78, 5) is 28.3. The monoisotopic (exact) mass is 641 g/mol. The highest BCUT2D eigenvalue weighted by Crippen LogP contribution is 2.41. The van der Waals surface area contributed by atoms with Crippen molar-refractivity contribution in [2.24, 2.45) is 0 Å². The summed E-state index contributed by atoms with van der Waals surface area (Å²) in [6, 6.07) is 12.5. The van der Waals surface area contributed by atoms with Crippen LogP contribution in [-0.4, -0.2) is 56.4 Å². The average Bonchev–Trinajstić information content (AvgIpc) is 3.56. The predicted molar refractivity (Wildman–Crippen MR) is 172 cm³/mol.